The van der Waals surface area contributed by atoms with Gasteiger partial charge >= 0.3 is 11.8 Å². The van der Waals surface area contributed by atoms with E-state index < -0.39 is 17.9 Å². The number of aliphatic hydroxyl groups is 1. The Morgan fingerprint density at radius 2 is 1.80 bits per heavy atom. The Morgan fingerprint density at radius 3 is 2.44 bits per heavy atom. The quantitative estimate of drug-likeness (QED) is 0.672. The molecule has 0 spiro atoms. The van der Waals surface area contributed by atoms with Gasteiger partial charge in [-0.1, -0.05) is 25.3 Å². The van der Waals surface area contributed by atoms with Crippen LogP contribution in [0.15, 0.2) is 18.2 Å². The predicted octanol–water partition coefficient (Wildman–Crippen LogP) is 1.30. The van der Waals surface area contributed by atoms with Crippen molar-refractivity contribution in [2.45, 2.75) is 44.2 Å². The maximum absolute atomic E-state index is 11.9. The molecule has 0 bridgehead atoms. The van der Waals surface area contributed by atoms with Crippen LogP contribution in [0.5, 0.6) is 11.5 Å². The average Bonchev–Trinajstić information content (AvgIpc) is 2.65. The van der Waals surface area contributed by atoms with E-state index >= 15 is 0 Å². The van der Waals surface area contributed by atoms with Crippen molar-refractivity contribution >= 4 is 11.8 Å². The van der Waals surface area contributed by atoms with Gasteiger partial charge in [0.05, 0.1) is 20.3 Å². The highest BCUT2D eigenvalue weighted by Crippen LogP contribution is 2.29. The molecule has 1 aromatic carbocycles. The number of carbonyl (C=O) groups excluding carboxylic acids is 2. The summed E-state index contributed by atoms with van der Waals surface area (Å²) >= 11 is 0. The Morgan fingerprint density at radius 1 is 1.12 bits per heavy atom. The summed E-state index contributed by atoms with van der Waals surface area (Å²) in [5.74, 6) is -0.341. The molecule has 3 N–H and O–H groups in total. The van der Waals surface area contributed by atoms with E-state index in [9.17, 15) is 14.7 Å². The van der Waals surface area contributed by atoms with Crippen LogP contribution in [0.3, 0.4) is 0 Å². The molecule has 0 radical (unpaired) electrons. The van der Waals surface area contributed by atoms with E-state index in [1.54, 1.807) is 18.2 Å². The van der Waals surface area contributed by atoms with E-state index in [0.29, 0.717) is 17.1 Å². The minimum Gasteiger partial charge on any atom is -0.493 e. The summed E-state index contributed by atoms with van der Waals surface area (Å²) in [6, 6.07) is 5.07. The van der Waals surface area contributed by atoms with Crippen molar-refractivity contribution in [2.75, 3.05) is 20.8 Å². The Hall–Kier alpha value is -2.28. The standard InChI is InChI=1S/C18H26N2O5/c1-24-15-9-8-12(10-16(15)25-2)14(21)11-19-17(22)18(23)20-13-6-4-3-5-7-13/h8-10,13-14,21H,3-7,11H2,1-2H3,(H,19,22)(H,20,23). The summed E-state index contributed by atoms with van der Waals surface area (Å²) in [6.45, 7) is -0.0631. The molecule has 1 aromatic rings. The van der Waals surface area contributed by atoms with Crippen LogP contribution in [0, 0.1) is 0 Å². The van der Waals surface area contributed by atoms with Crippen molar-refractivity contribution in [1.82, 2.24) is 10.6 Å². The van der Waals surface area contributed by atoms with E-state index in [1.165, 1.54) is 20.6 Å². The van der Waals surface area contributed by atoms with Crippen molar-refractivity contribution in [3.8, 4) is 11.5 Å². The van der Waals surface area contributed by atoms with E-state index in [-0.39, 0.29) is 12.6 Å². The van der Waals surface area contributed by atoms with Gasteiger partial charge in [0.15, 0.2) is 11.5 Å². The van der Waals surface area contributed by atoms with Crippen molar-refractivity contribution in [1.29, 1.82) is 0 Å². The first kappa shape index (κ1) is 19.1. The Balaban J connectivity index is 1.85. The van der Waals surface area contributed by atoms with Crippen LogP contribution in [-0.2, 0) is 9.59 Å². The zero-order valence-electron chi connectivity index (χ0n) is 14.7. The predicted molar refractivity (Wildman–Crippen MR) is 92.5 cm³/mol. The molecule has 1 fully saturated rings. The molecule has 0 aliphatic heterocycles. The van der Waals surface area contributed by atoms with Gasteiger partial charge in [0.25, 0.3) is 0 Å². The highest BCUT2D eigenvalue weighted by molar-refractivity contribution is 6.35. The molecule has 0 heterocycles. The molecule has 0 saturated heterocycles. The molecule has 2 amide bonds. The summed E-state index contributed by atoms with van der Waals surface area (Å²) < 4.78 is 10.3. The van der Waals surface area contributed by atoms with Crippen LogP contribution in [0.25, 0.3) is 0 Å². The fourth-order valence-corrected chi connectivity index (χ4v) is 2.95. The third-order valence-electron chi connectivity index (χ3n) is 4.39. The van der Waals surface area contributed by atoms with Crippen molar-refractivity contribution in [3.63, 3.8) is 0 Å². The number of aliphatic hydroxyl groups excluding tert-OH is 1. The van der Waals surface area contributed by atoms with Crippen molar-refractivity contribution in [3.05, 3.63) is 23.8 Å². The van der Waals surface area contributed by atoms with Gasteiger partial charge in [-0.3, -0.25) is 9.59 Å². The first-order valence-electron chi connectivity index (χ1n) is 8.53. The second kappa shape index (κ2) is 9.27. The van der Waals surface area contributed by atoms with Gasteiger partial charge in [-0.05, 0) is 30.5 Å². The molecule has 1 aliphatic rings. The number of methoxy groups -OCH3 is 2. The second-order valence-electron chi connectivity index (χ2n) is 6.15. The topological polar surface area (TPSA) is 96.9 Å². The molecule has 2 rings (SSSR count). The number of ether oxygens (including phenoxy) is 2. The number of hydrogen-bond donors (Lipinski definition) is 3. The van der Waals surface area contributed by atoms with Gasteiger partial charge in [0.1, 0.15) is 0 Å². The second-order valence-corrected chi connectivity index (χ2v) is 6.15. The molecule has 7 heteroatoms. The van der Waals surface area contributed by atoms with Crippen LogP contribution in [0.1, 0.15) is 43.8 Å². The first-order chi connectivity index (χ1) is 12.0. The molecule has 1 atom stereocenters. The zero-order chi connectivity index (χ0) is 18.2. The minimum atomic E-state index is -0.953. The molecule has 0 aromatic heterocycles. The van der Waals surface area contributed by atoms with Crippen LogP contribution in [0.4, 0.5) is 0 Å². The smallest absolute Gasteiger partial charge is 0.309 e. The monoisotopic (exact) mass is 350 g/mol. The average molecular weight is 350 g/mol. The lowest BCUT2D eigenvalue weighted by Crippen LogP contribution is -2.46. The number of hydrogen-bond acceptors (Lipinski definition) is 5. The summed E-state index contributed by atoms with van der Waals surface area (Å²) in [7, 11) is 3.03. The number of benzene rings is 1. The Bertz CT molecular complexity index is 599. The lowest BCUT2D eigenvalue weighted by Gasteiger charge is -2.22. The lowest BCUT2D eigenvalue weighted by atomic mass is 9.95. The number of carbonyl (C=O) groups is 2. The molecule has 1 saturated carbocycles. The maximum Gasteiger partial charge on any atom is 0.309 e. The third-order valence-corrected chi connectivity index (χ3v) is 4.39. The highest BCUT2D eigenvalue weighted by atomic mass is 16.5. The van der Waals surface area contributed by atoms with Crippen LogP contribution in [-0.4, -0.2) is 43.7 Å². The van der Waals surface area contributed by atoms with Crippen molar-refractivity contribution < 1.29 is 24.2 Å². The molecule has 1 unspecified atom stereocenters. The Kier molecular flexibility index (Phi) is 7.06. The highest BCUT2D eigenvalue weighted by Gasteiger charge is 2.21. The molecule has 138 valence electrons. The maximum atomic E-state index is 11.9. The van der Waals surface area contributed by atoms with E-state index in [0.717, 1.165) is 25.7 Å². The molecule has 25 heavy (non-hydrogen) atoms. The summed E-state index contributed by atoms with van der Waals surface area (Å²) in [5.41, 5.74) is 0.561. The molecular formula is C18H26N2O5. The van der Waals surface area contributed by atoms with Gasteiger partial charge in [0, 0.05) is 12.6 Å². The largest absolute Gasteiger partial charge is 0.493 e. The normalized spacial score (nSPS) is 16.0. The number of amides is 2. The van der Waals surface area contributed by atoms with Crippen LogP contribution in [0.2, 0.25) is 0 Å². The molecule has 7 nitrogen and oxygen atoms in total. The van der Waals surface area contributed by atoms with Crippen molar-refractivity contribution in [2.24, 2.45) is 0 Å². The van der Waals surface area contributed by atoms with Crippen LogP contribution >= 0.6 is 0 Å². The Labute approximate surface area is 147 Å². The summed E-state index contributed by atoms with van der Waals surface area (Å²) in [5, 5.41) is 15.4. The van der Waals surface area contributed by atoms with E-state index in [1.807, 2.05) is 0 Å². The fraction of sp³-hybridized carbons (Fsp3) is 0.556. The molecular weight excluding hydrogens is 324 g/mol. The summed E-state index contributed by atoms with van der Waals surface area (Å²) in [4.78, 5) is 23.8. The lowest BCUT2D eigenvalue weighted by molar-refractivity contribution is -0.140. The third kappa shape index (κ3) is 5.35. The number of nitrogens with one attached hydrogen (secondary N) is 2. The van der Waals surface area contributed by atoms with E-state index in [4.69, 9.17) is 9.47 Å². The number of rotatable bonds is 6. The van der Waals surface area contributed by atoms with Crippen LogP contribution < -0.4 is 20.1 Å². The van der Waals surface area contributed by atoms with Gasteiger partial charge in [-0.15, -0.1) is 0 Å². The minimum absolute atomic E-state index is 0.0631. The molecule has 1 aliphatic carbocycles. The fourth-order valence-electron chi connectivity index (χ4n) is 2.95. The van der Waals surface area contributed by atoms with E-state index in [2.05, 4.69) is 10.6 Å². The van der Waals surface area contributed by atoms with Gasteiger partial charge < -0.3 is 25.2 Å². The SMILES string of the molecule is COc1ccc(C(O)CNC(=O)C(=O)NC2CCCCC2)cc1OC. The van der Waals surface area contributed by atoms with Gasteiger partial charge in [-0.25, -0.2) is 0 Å². The summed E-state index contributed by atoms with van der Waals surface area (Å²) in [6.07, 6.45) is 4.19. The van der Waals surface area contributed by atoms with Gasteiger partial charge in [0.2, 0.25) is 0 Å². The first-order valence-corrected chi connectivity index (χ1v) is 8.53. The zero-order valence-corrected chi connectivity index (χ0v) is 14.7. The van der Waals surface area contributed by atoms with Gasteiger partial charge in [-0.2, -0.15) is 0 Å².